The lowest BCUT2D eigenvalue weighted by Crippen LogP contribution is -2.03. The number of nitrogens with zero attached hydrogens (tertiary/aromatic N) is 2. The number of alkyl halides is 3. The molecule has 0 saturated heterocycles. The lowest BCUT2D eigenvalue weighted by atomic mass is 10.1. The van der Waals surface area contributed by atoms with Crippen LogP contribution in [0, 0.1) is 17.3 Å². The van der Waals surface area contributed by atoms with Gasteiger partial charge in [-0.3, -0.25) is 0 Å². The van der Waals surface area contributed by atoms with Crippen molar-refractivity contribution in [2.24, 2.45) is 0 Å². The minimum Gasteiger partial charge on any atom is -0.223 e. The van der Waals surface area contributed by atoms with Crippen molar-refractivity contribution >= 4 is 11.6 Å². The lowest BCUT2D eigenvalue weighted by molar-refractivity contribution is 0.149. The van der Waals surface area contributed by atoms with E-state index in [2.05, 4.69) is 4.98 Å². The van der Waals surface area contributed by atoms with Crippen LogP contribution in [0.4, 0.5) is 13.2 Å². The summed E-state index contributed by atoms with van der Waals surface area (Å²) in [4.78, 5) is 3.30. The minimum absolute atomic E-state index is 0.137. The maximum atomic E-state index is 13.1. The average molecular weight is 235 g/mol. The second-order valence-corrected chi connectivity index (χ2v) is 3.01. The summed E-state index contributed by atoms with van der Waals surface area (Å²) >= 11 is 5.35. The van der Waals surface area contributed by atoms with Crippen LogP contribution in [-0.2, 0) is 12.3 Å². The molecular formula is C9H6ClF3N2. The first-order valence-electron chi connectivity index (χ1n) is 3.99. The molecule has 1 aromatic heterocycles. The summed E-state index contributed by atoms with van der Waals surface area (Å²) in [5.41, 5.74) is -0.746. The Balaban J connectivity index is 3.25. The van der Waals surface area contributed by atoms with E-state index in [1.165, 1.54) is 0 Å². The molecule has 80 valence electrons. The first kappa shape index (κ1) is 11.8. The molecular weight excluding hydrogens is 229 g/mol. The minimum atomic E-state index is -2.77. The van der Waals surface area contributed by atoms with Crippen LogP contribution in [0.15, 0.2) is 6.07 Å². The van der Waals surface area contributed by atoms with Crippen LogP contribution in [0.1, 0.15) is 23.2 Å². The van der Waals surface area contributed by atoms with Crippen LogP contribution in [0.3, 0.4) is 0 Å². The normalized spacial score (nSPS) is 10.4. The lowest BCUT2D eigenvalue weighted by Gasteiger charge is -2.07. The van der Waals surface area contributed by atoms with E-state index < -0.39 is 17.9 Å². The van der Waals surface area contributed by atoms with E-state index in [0.717, 1.165) is 6.07 Å². The second-order valence-electron chi connectivity index (χ2n) is 2.74. The quantitative estimate of drug-likeness (QED) is 0.596. The predicted octanol–water partition coefficient (Wildman–Crippen LogP) is 2.96. The molecule has 1 heterocycles. The molecule has 2 nitrogen and oxygen atoms in total. The van der Waals surface area contributed by atoms with Gasteiger partial charge in [-0.05, 0) is 6.07 Å². The molecule has 6 heteroatoms. The number of nitriles is 1. The van der Waals surface area contributed by atoms with Crippen molar-refractivity contribution in [3.8, 4) is 6.07 Å². The number of hydrogen-bond acceptors (Lipinski definition) is 2. The topological polar surface area (TPSA) is 36.7 Å². The van der Waals surface area contributed by atoms with E-state index in [9.17, 15) is 13.2 Å². The van der Waals surface area contributed by atoms with Crippen molar-refractivity contribution in [3.63, 3.8) is 0 Å². The number of halogens is 4. The van der Waals surface area contributed by atoms with Crippen LogP contribution in [0.5, 0.6) is 0 Å². The number of aromatic nitrogens is 1. The van der Waals surface area contributed by atoms with Gasteiger partial charge in [-0.15, -0.1) is 11.6 Å². The Morgan fingerprint density at radius 1 is 1.53 bits per heavy atom. The molecule has 0 saturated carbocycles. The summed E-state index contributed by atoms with van der Waals surface area (Å²) < 4.78 is 38.0. The number of rotatable bonds is 3. The van der Waals surface area contributed by atoms with Crippen molar-refractivity contribution in [2.45, 2.75) is 18.7 Å². The summed E-state index contributed by atoms with van der Waals surface area (Å²) in [5, 5.41) is 8.34. The van der Waals surface area contributed by atoms with Gasteiger partial charge in [0.2, 0.25) is 5.95 Å². The molecule has 0 N–H and O–H groups in total. The predicted molar refractivity (Wildman–Crippen MR) is 48.0 cm³/mol. The van der Waals surface area contributed by atoms with Crippen molar-refractivity contribution in [2.75, 3.05) is 0 Å². The molecule has 1 aromatic rings. The van der Waals surface area contributed by atoms with Gasteiger partial charge in [0.25, 0.3) is 6.43 Å². The largest absolute Gasteiger partial charge is 0.265 e. The summed E-state index contributed by atoms with van der Waals surface area (Å²) in [6.07, 6.45) is -3.06. The molecule has 0 aromatic carbocycles. The zero-order valence-electron chi connectivity index (χ0n) is 7.48. The highest BCUT2D eigenvalue weighted by atomic mass is 35.5. The van der Waals surface area contributed by atoms with Crippen molar-refractivity contribution in [1.29, 1.82) is 5.26 Å². The van der Waals surface area contributed by atoms with Gasteiger partial charge in [0.05, 0.1) is 24.1 Å². The molecule has 0 atom stereocenters. The van der Waals surface area contributed by atoms with Gasteiger partial charge in [-0.25, -0.2) is 13.8 Å². The van der Waals surface area contributed by atoms with Gasteiger partial charge in [-0.2, -0.15) is 9.65 Å². The van der Waals surface area contributed by atoms with Crippen LogP contribution < -0.4 is 0 Å². The third kappa shape index (κ3) is 2.60. The maximum absolute atomic E-state index is 13.1. The van der Waals surface area contributed by atoms with Gasteiger partial charge in [-0.1, -0.05) is 0 Å². The van der Waals surface area contributed by atoms with Crippen LogP contribution >= 0.6 is 11.6 Å². The molecule has 0 aliphatic rings. The van der Waals surface area contributed by atoms with Gasteiger partial charge in [0, 0.05) is 11.1 Å². The SMILES string of the molecule is N#CCc1cc(C(F)F)c(CCl)nc1F. The van der Waals surface area contributed by atoms with Crippen molar-refractivity contribution in [1.82, 2.24) is 4.98 Å². The Hall–Kier alpha value is -1.28. The van der Waals surface area contributed by atoms with Gasteiger partial charge < -0.3 is 0 Å². The van der Waals surface area contributed by atoms with Crippen molar-refractivity contribution in [3.05, 3.63) is 28.8 Å². The highest BCUT2D eigenvalue weighted by Crippen LogP contribution is 2.25. The molecule has 1 rings (SSSR count). The maximum Gasteiger partial charge on any atom is 0.265 e. The van der Waals surface area contributed by atoms with E-state index >= 15 is 0 Å². The molecule has 0 unspecified atom stereocenters. The second kappa shape index (κ2) is 4.99. The molecule has 0 fully saturated rings. The molecule has 15 heavy (non-hydrogen) atoms. The smallest absolute Gasteiger partial charge is 0.223 e. The highest BCUT2D eigenvalue weighted by Gasteiger charge is 2.17. The average Bonchev–Trinajstić information content (AvgIpc) is 2.20. The van der Waals surface area contributed by atoms with Gasteiger partial charge >= 0.3 is 0 Å². The monoisotopic (exact) mass is 234 g/mol. The summed E-state index contributed by atoms with van der Waals surface area (Å²) in [7, 11) is 0. The standard InChI is InChI=1S/C9H6ClF3N2/c10-4-7-6(8(11)12)3-5(1-2-14)9(13)15-7/h3,8H,1,4H2. The van der Waals surface area contributed by atoms with E-state index in [-0.39, 0.29) is 23.6 Å². The summed E-state index contributed by atoms with van der Waals surface area (Å²) in [6, 6.07) is 2.61. The van der Waals surface area contributed by atoms with E-state index in [1.807, 2.05) is 0 Å². The van der Waals surface area contributed by atoms with Crippen LogP contribution in [0.2, 0.25) is 0 Å². The Kier molecular flexibility index (Phi) is 3.92. The molecule has 0 spiro atoms. The molecule has 0 bridgehead atoms. The van der Waals surface area contributed by atoms with Gasteiger partial charge in [0.1, 0.15) is 0 Å². The first-order valence-corrected chi connectivity index (χ1v) is 4.52. The fourth-order valence-corrected chi connectivity index (χ4v) is 1.30. The third-order valence-electron chi connectivity index (χ3n) is 1.79. The summed E-state index contributed by atoms with van der Waals surface area (Å²) in [5.74, 6) is -1.21. The molecule has 0 amide bonds. The highest BCUT2D eigenvalue weighted by molar-refractivity contribution is 6.17. The Labute approximate surface area is 89.3 Å². The molecule has 0 aliphatic carbocycles. The molecule has 0 radical (unpaired) electrons. The van der Waals surface area contributed by atoms with E-state index in [4.69, 9.17) is 16.9 Å². The fraction of sp³-hybridized carbons (Fsp3) is 0.333. The Bertz CT molecular complexity index is 401. The Morgan fingerprint density at radius 2 is 2.20 bits per heavy atom. The van der Waals surface area contributed by atoms with Crippen molar-refractivity contribution < 1.29 is 13.2 Å². The van der Waals surface area contributed by atoms with Crippen LogP contribution in [0.25, 0.3) is 0 Å². The zero-order chi connectivity index (χ0) is 11.4. The Morgan fingerprint density at radius 3 is 2.67 bits per heavy atom. The van der Waals surface area contributed by atoms with Gasteiger partial charge in [0.15, 0.2) is 0 Å². The number of pyridine rings is 1. The number of hydrogen-bond donors (Lipinski definition) is 0. The van der Waals surface area contributed by atoms with E-state index in [1.54, 1.807) is 6.07 Å². The zero-order valence-corrected chi connectivity index (χ0v) is 8.23. The molecule has 0 aliphatic heterocycles. The first-order chi connectivity index (χ1) is 7.10. The summed E-state index contributed by atoms with van der Waals surface area (Å²) in [6.45, 7) is 0. The van der Waals surface area contributed by atoms with E-state index in [0.29, 0.717) is 0 Å². The fourth-order valence-electron chi connectivity index (χ4n) is 1.09. The third-order valence-corrected chi connectivity index (χ3v) is 2.05. The van der Waals surface area contributed by atoms with Crippen LogP contribution in [-0.4, -0.2) is 4.98 Å².